The highest BCUT2D eigenvalue weighted by Crippen LogP contribution is 2.30. The monoisotopic (exact) mass is 395 g/mol. The fraction of sp³-hybridized carbons (Fsp3) is 0.133. The first-order valence-corrected chi connectivity index (χ1v) is 9.59. The normalized spacial score (nSPS) is 13.9. The molecule has 2 amide bonds. The van der Waals surface area contributed by atoms with Crippen LogP contribution in [0.2, 0.25) is 0 Å². The number of carbonyl (C=O) groups excluding carboxylic acids is 3. The lowest BCUT2D eigenvalue weighted by atomic mass is 10.2. The highest BCUT2D eigenvalue weighted by atomic mass is 32.2. The zero-order valence-corrected chi connectivity index (χ0v) is 15.0. The number of carbonyl (C=O) groups is 3. The van der Waals surface area contributed by atoms with E-state index in [9.17, 15) is 22.8 Å². The summed E-state index contributed by atoms with van der Waals surface area (Å²) in [4.78, 5) is 34.8. The second-order valence-electron chi connectivity index (χ2n) is 5.24. The lowest BCUT2D eigenvalue weighted by Crippen LogP contribution is -2.16. The van der Waals surface area contributed by atoms with Crippen molar-refractivity contribution in [2.75, 3.05) is 22.5 Å². The SMILES string of the molecule is COC(=O)c1sccc1NS(=O)(=O)c1ccc2c(c1)NC(=O)CC(=O)N2. The Kier molecular flexibility index (Phi) is 4.66. The van der Waals surface area contributed by atoms with Crippen molar-refractivity contribution < 1.29 is 27.5 Å². The third-order valence-corrected chi connectivity index (χ3v) is 5.71. The van der Waals surface area contributed by atoms with Crippen molar-refractivity contribution in [3.8, 4) is 0 Å². The third kappa shape index (κ3) is 3.53. The number of hydrogen-bond donors (Lipinski definition) is 3. The van der Waals surface area contributed by atoms with Crippen LogP contribution in [0, 0.1) is 0 Å². The van der Waals surface area contributed by atoms with E-state index in [2.05, 4.69) is 20.1 Å². The quantitative estimate of drug-likeness (QED) is 0.533. The zero-order valence-electron chi connectivity index (χ0n) is 13.4. The lowest BCUT2D eigenvalue weighted by Gasteiger charge is -2.12. The third-order valence-electron chi connectivity index (χ3n) is 3.45. The van der Waals surface area contributed by atoms with Crippen LogP contribution >= 0.6 is 11.3 Å². The summed E-state index contributed by atoms with van der Waals surface area (Å²) in [6.45, 7) is 0. The first kappa shape index (κ1) is 17.9. The highest BCUT2D eigenvalue weighted by Gasteiger charge is 2.24. The second kappa shape index (κ2) is 6.77. The van der Waals surface area contributed by atoms with Gasteiger partial charge in [-0.15, -0.1) is 11.3 Å². The Morgan fingerprint density at radius 3 is 2.54 bits per heavy atom. The molecular weight excluding hydrogens is 382 g/mol. The van der Waals surface area contributed by atoms with Gasteiger partial charge >= 0.3 is 5.97 Å². The number of ether oxygens (including phenoxy) is 1. The van der Waals surface area contributed by atoms with Crippen molar-refractivity contribution in [3.63, 3.8) is 0 Å². The molecule has 0 fully saturated rings. The smallest absolute Gasteiger partial charge is 0.350 e. The topological polar surface area (TPSA) is 131 Å². The Balaban J connectivity index is 1.94. The van der Waals surface area contributed by atoms with Gasteiger partial charge in [0.05, 0.1) is 29.1 Å². The van der Waals surface area contributed by atoms with Crippen LogP contribution in [0.4, 0.5) is 17.1 Å². The van der Waals surface area contributed by atoms with Crippen LogP contribution in [0.15, 0.2) is 34.5 Å². The number of amides is 2. The van der Waals surface area contributed by atoms with Gasteiger partial charge in [0.25, 0.3) is 10.0 Å². The molecule has 2 aromatic rings. The predicted octanol–water partition coefficient (Wildman–Crippen LogP) is 1.62. The predicted molar refractivity (Wildman–Crippen MR) is 94.8 cm³/mol. The maximum Gasteiger partial charge on any atom is 0.350 e. The summed E-state index contributed by atoms with van der Waals surface area (Å²) in [5.74, 6) is -1.69. The van der Waals surface area contributed by atoms with Crippen LogP contribution in [-0.2, 0) is 24.3 Å². The molecule has 11 heteroatoms. The Hall–Kier alpha value is -2.92. The molecule has 3 rings (SSSR count). The van der Waals surface area contributed by atoms with E-state index in [1.807, 2.05) is 0 Å². The van der Waals surface area contributed by atoms with E-state index in [4.69, 9.17) is 0 Å². The Morgan fingerprint density at radius 1 is 1.15 bits per heavy atom. The molecule has 136 valence electrons. The van der Waals surface area contributed by atoms with Crippen LogP contribution in [0.25, 0.3) is 0 Å². The molecule has 0 bridgehead atoms. The van der Waals surface area contributed by atoms with Gasteiger partial charge in [-0.05, 0) is 29.6 Å². The summed E-state index contributed by atoms with van der Waals surface area (Å²) in [6.07, 6.45) is -0.355. The Labute approximate surface area is 152 Å². The Bertz CT molecular complexity index is 1010. The number of nitrogens with one attached hydrogen (secondary N) is 3. The van der Waals surface area contributed by atoms with Gasteiger partial charge in [0.1, 0.15) is 11.3 Å². The minimum Gasteiger partial charge on any atom is -0.465 e. The van der Waals surface area contributed by atoms with Crippen molar-refractivity contribution in [2.45, 2.75) is 11.3 Å². The average Bonchev–Trinajstić information content (AvgIpc) is 2.96. The number of esters is 1. The Morgan fingerprint density at radius 2 is 1.85 bits per heavy atom. The van der Waals surface area contributed by atoms with Gasteiger partial charge in [0.15, 0.2) is 0 Å². The summed E-state index contributed by atoms with van der Waals surface area (Å²) in [5.41, 5.74) is 0.557. The van der Waals surface area contributed by atoms with Gasteiger partial charge in [0.2, 0.25) is 11.8 Å². The number of fused-ring (bicyclic) bond motifs is 1. The maximum absolute atomic E-state index is 12.6. The summed E-state index contributed by atoms with van der Waals surface area (Å²) in [6, 6.07) is 5.33. The molecular formula is C15H13N3O6S2. The lowest BCUT2D eigenvalue weighted by molar-refractivity contribution is -0.123. The molecule has 1 aliphatic rings. The minimum absolute atomic E-state index is 0.0918. The molecule has 0 radical (unpaired) electrons. The molecule has 1 aromatic heterocycles. The highest BCUT2D eigenvalue weighted by molar-refractivity contribution is 7.92. The molecule has 0 spiro atoms. The fourth-order valence-corrected chi connectivity index (χ4v) is 4.21. The maximum atomic E-state index is 12.6. The summed E-state index contributed by atoms with van der Waals surface area (Å²) in [7, 11) is -2.84. The average molecular weight is 395 g/mol. The van der Waals surface area contributed by atoms with Gasteiger partial charge in [0, 0.05) is 0 Å². The van der Waals surface area contributed by atoms with E-state index in [-0.39, 0.29) is 27.6 Å². The second-order valence-corrected chi connectivity index (χ2v) is 7.84. The molecule has 2 heterocycles. The van der Waals surface area contributed by atoms with Crippen molar-refractivity contribution in [3.05, 3.63) is 34.5 Å². The standard InChI is InChI=1S/C15H13N3O6S2/c1-24-15(21)14-10(4-5-25-14)18-26(22,23)8-2-3-9-11(6-8)17-13(20)7-12(19)16-9/h2-6,18H,7H2,1H3,(H,16,19)(H,17,20). The molecule has 26 heavy (non-hydrogen) atoms. The number of anilines is 3. The van der Waals surface area contributed by atoms with Crippen LogP contribution in [0.3, 0.4) is 0 Å². The van der Waals surface area contributed by atoms with Crippen LogP contribution in [0.5, 0.6) is 0 Å². The molecule has 0 saturated carbocycles. The van der Waals surface area contributed by atoms with Crippen molar-refractivity contribution in [1.82, 2.24) is 0 Å². The van der Waals surface area contributed by atoms with E-state index < -0.39 is 27.8 Å². The number of rotatable bonds is 4. The van der Waals surface area contributed by atoms with E-state index in [1.54, 1.807) is 5.38 Å². The molecule has 0 atom stereocenters. The van der Waals surface area contributed by atoms with Crippen molar-refractivity contribution >= 4 is 56.2 Å². The van der Waals surface area contributed by atoms with Gasteiger partial charge in [-0.1, -0.05) is 0 Å². The minimum atomic E-state index is -4.04. The van der Waals surface area contributed by atoms with Gasteiger partial charge in [-0.3, -0.25) is 14.3 Å². The summed E-state index contributed by atoms with van der Waals surface area (Å²) < 4.78 is 32.2. The van der Waals surface area contributed by atoms with Gasteiger partial charge < -0.3 is 15.4 Å². The number of benzene rings is 1. The summed E-state index contributed by atoms with van der Waals surface area (Å²) in [5, 5.41) is 6.54. The molecule has 1 aliphatic heterocycles. The molecule has 0 unspecified atom stereocenters. The van der Waals surface area contributed by atoms with Crippen molar-refractivity contribution in [1.29, 1.82) is 0 Å². The van der Waals surface area contributed by atoms with E-state index in [0.717, 1.165) is 11.3 Å². The molecule has 0 saturated heterocycles. The fourth-order valence-electron chi connectivity index (χ4n) is 2.28. The number of hydrogen-bond acceptors (Lipinski definition) is 7. The number of thiophene rings is 1. The molecule has 3 N–H and O–H groups in total. The van der Waals surface area contributed by atoms with Crippen LogP contribution in [-0.4, -0.2) is 33.3 Å². The first-order valence-electron chi connectivity index (χ1n) is 7.22. The zero-order chi connectivity index (χ0) is 18.9. The first-order chi connectivity index (χ1) is 12.3. The van der Waals surface area contributed by atoms with E-state index in [1.165, 1.54) is 31.4 Å². The van der Waals surface area contributed by atoms with E-state index in [0.29, 0.717) is 5.69 Å². The van der Waals surface area contributed by atoms with Gasteiger partial charge in [-0.2, -0.15) is 0 Å². The molecule has 9 nitrogen and oxygen atoms in total. The number of methoxy groups -OCH3 is 1. The largest absolute Gasteiger partial charge is 0.465 e. The van der Waals surface area contributed by atoms with Gasteiger partial charge in [-0.25, -0.2) is 13.2 Å². The number of sulfonamides is 1. The summed E-state index contributed by atoms with van der Waals surface area (Å²) >= 11 is 1.04. The van der Waals surface area contributed by atoms with E-state index >= 15 is 0 Å². The van der Waals surface area contributed by atoms with Crippen LogP contribution in [0.1, 0.15) is 16.1 Å². The molecule has 1 aromatic carbocycles. The van der Waals surface area contributed by atoms with Crippen molar-refractivity contribution in [2.24, 2.45) is 0 Å². The molecule has 0 aliphatic carbocycles. The van der Waals surface area contributed by atoms with Crippen LogP contribution < -0.4 is 15.4 Å².